The van der Waals surface area contributed by atoms with E-state index in [9.17, 15) is 4.79 Å². The molecule has 0 aliphatic rings. The first-order valence-electron chi connectivity index (χ1n) is 7.16. The molecule has 0 atom stereocenters. The lowest BCUT2D eigenvalue weighted by atomic mass is 10.2. The average molecular weight is 375 g/mol. The number of nitrogens with zero attached hydrogens (tertiary/aromatic N) is 3. The zero-order chi connectivity index (χ0) is 16.2. The summed E-state index contributed by atoms with van der Waals surface area (Å²) in [7, 11) is 0. The maximum absolute atomic E-state index is 12.1. The molecular formula is C16H15BrN4O2. The fourth-order valence-electron chi connectivity index (χ4n) is 2.18. The standard InChI is InChI=1S/C16H15BrN4O2/c1-2-11-4-3-5-13(6-11)23-9-15(22)19-14-7-12(17)8-21-10-18-20-16(14)21/h3-8,10H,2,9H2,1H3,(H,19,22). The molecule has 1 amide bonds. The molecular weight excluding hydrogens is 360 g/mol. The summed E-state index contributed by atoms with van der Waals surface area (Å²) in [6.45, 7) is 2.00. The Morgan fingerprint density at radius 3 is 3.09 bits per heavy atom. The van der Waals surface area contributed by atoms with E-state index in [1.54, 1.807) is 16.8 Å². The highest BCUT2D eigenvalue weighted by atomic mass is 79.9. The Bertz CT molecular complexity index is 847. The Balaban J connectivity index is 1.67. The third-order valence-corrected chi connectivity index (χ3v) is 3.74. The molecule has 0 unspecified atom stereocenters. The maximum Gasteiger partial charge on any atom is 0.262 e. The van der Waals surface area contributed by atoms with Crippen molar-refractivity contribution in [2.45, 2.75) is 13.3 Å². The van der Waals surface area contributed by atoms with E-state index in [0.29, 0.717) is 17.1 Å². The van der Waals surface area contributed by atoms with Gasteiger partial charge in [0.05, 0.1) is 5.69 Å². The molecule has 2 heterocycles. The van der Waals surface area contributed by atoms with Crippen molar-refractivity contribution in [1.82, 2.24) is 14.6 Å². The highest BCUT2D eigenvalue weighted by Gasteiger charge is 2.10. The highest BCUT2D eigenvalue weighted by Crippen LogP contribution is 2.21. The van der Waals surface area contributed by atoms with E-state index in [1.165, 1.54) is 5.56 Å². The molecule has 0 aliphatic heterocycles. The van der Waals surface area contributed by atoms with E-state index in [1.807, 2.05) is 30.5 Å². The van der Waals surface area contributed by atoms with Gasteiger partial charge in [0.15, 0.2) is 12.3 Å². The lowest BCUT2D eigenvalue weighted by Crippen LogP contribution is -2.20. The van der Waals surface area contributed by atoms with E-state index < -0.39 is 0 Å². The number of halogens is 1. The van der Waals surface area contributed by atoms with Crippen molar-refractivity contribution < 1.29 is 9.53 Å². The van der Waals surface area contributed by atoms with Gasteiger partial charge in [0.2, 0.25) is 0 Å². The Morgan fingerprint density at radius 2 is 2.26 bits per heavy atom. The second kappa shape index (κ2) is 6.78. The Labute approximate surface area is 141 Å². The molecule has 0 bridgehead atoms. The molecule has 6 nitrogen and oxygen atoms in total. The van der Waals surface area contributed by atoms with Crippen LogP contribution in [0.25, 0.3) is 5.65 Å². The largest absolute Gasteiger partial charge is 0.484 e. The highest BCUT2D eigenvalue weighted by molar-refractivity contribution is 9.10. The molecule has 0 saturated heterocycles. The van der Waals surface area contributed by atoms with Gasteiger partial charge in [0.25, 0.3) is 5.91 Å². The van der Waals surface area contributed by atoms with Gasteiger partial charge in [-0.25, -0.2) is 0 Å². The maximum atomic E-state index is 12.1. The lowest BCUT2D eigenvalue weighted by Gasteiger charge is -2.09. The molecule has 23 heavy (non-hydrogen) atoms. The number of aromatic nitrogens is 3. The van der Waals surface area contributed by atoms with Gasteiger partial charge in [0.1, 0.15) is 12.1 Å². The molecule has 0 fully saturated rings. The van der Waals surface area contributed by atoms with Gasteiger partial charge in [0, 0.05) is 10.7 Å². The summed E-state index contributed by atoms with van der Waals surface area (Å²) in [6.07, 6.45) is 4.31. The minimum absolute atomic E-state index is 0.0695. The Hall–Kier alpha value is -2.41. The van der Waals surface area contributed by atoms with Crippen LogP contribution < -0.4 is 10.1 Å². The van der Waals surface area contributed by atoms with Crippen molar-refractivity contribution in [1.29, 1.82) is 0 Å². The molecule has 2 aromatic heterocycles. The molecule has 118 valence electrons. The van der Waals surface area contributed by atoms with E-state index in [0.717, 1.165) is 10.9 Å². The zero-order valence-electron chi connectivity index (χ0n) is 12.5. The van der Waals surface area contributed by atoms with Gasteiger partial charge in [-0.15, -0.1) is 10.2 Å². The van der Waals surface area contributed by atoms with E-state index in [4.69, 9.17) is 4.74 Å². The van der Waals surface area contributed by atoms with Gasteiger partial charge in [-0.3, -0.25) is 9.20 Å². The van der Waals surface area contributed by atoms with Gasteiger partial charge < -0.3 is 10.1 Å². The number of hydrogen-bond donors (Lipinski definition) is 1. The zero-order valence-corrected chi connectivity index (χ0v) is 14.1. The summed E-state index contributed by atoms with van der Waals surface area (Å²) in [4.78, 5) is 12.1. The summed E-state index contributed by atoms with van der Waals surface area (Å²) in [5.74, 6) is 0.427. The van der Waals surface area contributed by atoms with Gasteiger partial charge in [-0.2, -0.15) is 0 Å². The number of hydrogen-bond acceptors (Lipinski definition) is 4. The van der Waals surface area contributed by atoms with Crippen LogP contribution in [0.1, 0.15) is 12.5 Å². The third kappa shape index (κ3) is 3.68. The number of amides is 1. The topological polar surface area (TPSA) is 68.5 Å². The van der Waals surface area contributed by atoms with Crippen molar-refractivity contribution in [3.8, 4) is 5.75 Å². The number of fused-ring (bicyclic) bond motifs is 1. The van der Waals surface area contributed by atoms with Crippen molar-refractivity contribution in [2.75, 3.05) is 11.9 Å². The summed E-state index contributed by atoms with van der Waals surface area (Å²) in [6, 6.07) is 9.49. The number of ether oxygens (including phenoxy) is 1. The van der Waals surface area contributed by atoms with Crippen molar-refractivity contribution in [3.63, 3.8) is 0 Å². The number of nitrogens with one attached hydrogen (secondary N) is 1. The van der Waals surface area contributed by atoms with E-state index in [2.05, 4.69) is 38.4 Å². The molecule has 0 saturated carbocycles. The molecule has 7 heteroatoms. The number of pyridine rings is 1. The number of carbonyl (C=O) groups excluding carboxylic acids is 1. The number of aryl methyl sites for hydroxylation is 1. The fraction of sp³-hybridized carbons (Fsp3) is 0.188. The number of carbonyl (C=O) groups is 1. The van der Waals surface area contributed by atoms with Crippen LogP contribution in [-0.2, 0) is 11.2 Å². The van der Waals surface area contributed by atoms with Crippen molar-refractivity contribution in [2.24, 2.45) is 0 Å². The molecule has 1 aromatic carbocycles. The smallest absolute Gasteiger partial charge is 0.262 e. The Morgan fingerprint density at radius 1 is 1.39 bits per heavy atom. The van der Waals surface area contributed by atoms with Crippen LogP contribution in [0.5, 0.6) is 5.75 Å². The molecule has 0 aliphatic carbocycles. The Kier molecular flexibility index (Phi) is 4.57. The quantitative estimate of drug-likeness (QED) is 0.744. The SMILES string of the molecule is CCc1cccc(OCC(=O)Nc2cc(Br)cn3cnnc23)c1. The molecule has 0 spiro atoms. The monoisotopic (exact) mass is 374 g/mol. The van der Waals surface area contributed by atoms with Crippen LogP contribution >= 0.6 is 15.9 Å². The average Bonchev–Trinajstić information content (AvgIpc) is 3.01. The molecule has 0 radical (unpaired) electrons. The third-order valence-electron chi connectivity index (χ3n) is 3.31. The number of rotatable bonds is 5. The normalized spacial score (nSPS) is 10.7. The fourth-order valence-corrected chi connectivity index (χ4v) is 2.63. The number of anilines is 1. The predicted octanol–water partition coefficient (Wildman–Crippen LogP) is 3.07. The van der Waals surface area contributed by atoms with Crippen LogP contribution in [-0.4, -0.2) is 27.1 Å². The van der Waals surface area contributed by atoms with E-state index >= 15 is 0 Å². The van der Waals surface area contributed by atoms with Crippen molar-refractivity contribution in [3.05, 3.63) is 52.9 Å². The van der Waals surface area contributed by atoms with Crippen LogP contribution in [0.4, 0.5) is 5.69 Å². The first-order chi connectivity index (χ1) is 11.2. The molecule has 3 aromatic rings. The van der Waals surface area contributed by atoms with Gasteiger partial charge >= 0.3 is 0 Å². The van der Waals surface area contributed by atoms with E-state index in [-0.39, 0.29) is 12.5 Å². The van der Waals surface area contributed by atoms with Crippen molar-refractivity contribution >= 4 is 33.2 Å². The summed E-state index contributed by atoms with van der Waals surface area (Å²) < 4.78 is 8.08. The first-order valence-corrected chi connectivity index (χ1v) is 7.95. The minimum Gasteiger partial charge on any atom is -0.484 e. The summed E-state index contributed by atoms with van der Waals surface area (Å²) >= 11 is 3.39. The summed E-state index contributed by atoms with van der Waals surface area (Å²) in [5, 5.41) is 10.6. The minimum atomic E-state index is -0.255. The summed E-state index contributed by atoms with van der Waals surface area (Å²) in [5.41, 5.74) is 2.32. The van der Waals surface area contributed by atoms with Gasteiger partial charge in [-0.05, 0) is 46.1 Å². The molecule has 3 rings (SSSR count). The first kappa shape index (κ1) is 15.5. The van der Waals surface area contributed by atoms with Crippen LogP contribution in [0, 0.1) is 0 Å². The predicted molar refractivity (Wildman–Crippen MR) is 90.6 cm³/mol. The van der Waals surface area contributed by atoms with Crippen LogP contribution in [0.3, 0.4) is 0 Å². The second-order valence-corrected chi connectivity index (χ2v) is 5.89. The van der Waals surface area contributed by atoms with Crippen LogP contribution in [0.15, 0.2) is 47.3 Å². The number of benzene rings is 1. The van der Waals surface area contributed by atoms with Gasteiger partial charge in [-0.1, -0.05) is 19.1 Å². The lowest BCUT2D eigenvalue weighted by molar-refractivity contribution is -0.118. The molecule has 1 N–H and O–H groups in total. The second-order valence-electron chi connectivity index (χ2n) is 4.97. The van der Waals surface area contributed by atoms with Crippen LogP contribution in [0.2, 0.25) is 0 Å².